The minimum Gasteiger partial charge on any atom is -0.472 e. The maximum Gasteiger partial charge on any atom is 0.339 e. The Bertz CT molecular complexity index is 588. The van der Waals surface area contributed by atoms with Crippen LogP contribution in [-0.2, 0) is 14.3 Å². The third-order valence-corrected chi connectivity index (χ3v) is 4.97. The number of hydrogen-bond donors (Lipinski definition) is 1. The number of aliphatic hydroxyl groups is 1. The standard InChI is InChI=1S/C17H22O5/c1-4-21-12-5-7-17(3)13(10(12)2)14(18)16(19)22-15(17)11-6-8-20-9-11/h6,8-9,12,14-15,18H,4-5,7H2,1-3H3/t12-,14-,15-,17+/m0/s1. The number of ether oxygens (including phenoxy) is 2. The molecular weight excluding hydrogens is 284 g/mol. The smallest absolute Gasteiger partial charge is 0.339 e. The molecule has 1 aliphatic carbocycles. The molecule has 0 bridgehead atoms. The van der Waals surface area contributed by atoms with Gasteiger partial charge in [0.15, 0.2) is 6.10 Å². The number of aliphatic hydroxyl groups excluding tert-OH is 1. The molecular formula is C17H22O5. The van der Waals surface area contributed by atoms with E-state index in [0.29, 0.717) is 6.61 Å². The summed E-state index contributed by atoms with van der Waals surface area (Å²) >= 11 is 0. The topological polar surface area (TPSA) is 68.9 Å². The first-order valence-corrected chi connectivity index (χ1v) is 7.72. The number of rotatable bonds is 3. The molecule has 4 atom stereocenters. The molecule has 0 aromatic carbocycles. The number of furan rings is 1. The normalized spacial score (nSPS) is 35.3. The SMILES string of the molecule is CCO[C@H]1CC[C@]2(C)C(=C1C)[C@H](O)C(=O)O[C@H]2c1ccoc1. The van der Waals surface area contributed by atoms with Crippen molar-refractivity contribution in [2.45, 2.75) is 51.9 Å². The van der Waals surface area contributed by atoms with Crippen LogP contribution in [0.2, 0.25) is 0 Å². The zero-order chi connectivity index (χ0) is 15.9. The summed E-state index contributed by atoms with van der Waals surface area (Å²) in [6.07, 6.45) is 3.11. The van der Waals surface area contributed by atoms with Crippen LogP contribution in [0, 0.1) is 5.41 Å². The van der Waals surface area contributed by atoms with Gasteiger partial charge >= 0.3 is 5.97 Å². The summed E-state index contributed by atoms with van der Waals surface area (Å²) in [6.45, 7) is 6.55. The van der Waals surface area contributed by atoms with Crippen LogP contribution in [0.3, 0.4) is 0 Å². The zero-order valence-electron chi connectivity index (χ0n) is 13.2. The molecule has 2 aliphatic rings. The fourth-order valence-electron chi connectivity index (χ4n) is 3.90. The number of esters is 1. The van der Waals surface area contributed by atoms with Crippen LogP contribution < -0.4 is 0 Å². The molecule has 0 radical (unpaired) electrons. The largest absolute Gasteiger partial charge is 0.472 e. The summed E-state index contributed by atoms with van der Waals surface area (Å²) in [7, 11) is 0. The van der Waals surface area contributed by atoms with Crippen LogP contribution in [0.4, 0.5) is 0 Å². The Morgan fingerprint density at radius 3 is 2.91 bits per heavy atom. The van der Waals surface area contributed by atoms with E-state index in [-0.39, 0.29) is 6.10 Å². The van der Waals surface area contributed by atoms with E-state index >= 15 is 0 Å². The number of hydrogen-bond acceptors (Lipinski definition) is 5. The Morgan fingerprint density at radius 2 is 2.27 bits per heavy atom. The van der Waals surface area contributed by atoms with E-state index in [1.54, 1.807) is 12.5 Å². The average Bonchev–Trinajstić information content (AvgIpc) is 3.00. The molecule has 1 N–H and O–H groups in total. The Morgan fingerprint density at radius 1 is 1.50 bits per heavy atom. The molecule has 1 aromatic heterocycles. The Labute approximate surface area is 129 Å². The minimum atomic E-state index is -1.21. The van der Waals surface area contributed by atoms with Crippen molar-refractivity contribution in [3.05, 3.63) is 35.3 Å². The summed E-state index contributed by atoms with van der Waals surface area (Å²) in [5, 5.41) is 10.4. The molecule has 0 amide bonds. The number of cyclic esters (lactones) is 1. The van der Waals surface area contributed by atoms with Crippen molar-refractivity contribution in [2.24, 2.45) is 5.41 Å². The summed E-state index contributed by atoms with van der Waals surface area (Å²) in [5.41, 5.74) is 2.09. The predicted molar refractivity (Wildman–Crippen MR) is 79.0 cm³/mol. The van der Waals surface area contributed by atoms with Crippen molar-refractivity contribution in [1.82, 2.24) is 0 Å². The predicted octanol–water partition coefficient (Wildman–Crippen LogP) is 2.76. The van der Waals surface area contributed by atoms with Gasteiger partial charge in [0.05, 0.1) is 18.6 Å². The van der Waals surface area contributed by atoms with E-state index in [2.05, 4.69) is 0 Å². The van der Waals surface area contributed by atoms with Gasteiger partial charge in [-0.15, -0.1) is 0 Å². The van der Waals surface area contributed by atoms with Crippen molar-refractivity contribution in [2.75, 3.05) is 6.61 Å². The molecule has 2 heterocycles. The second-order valence-electron chi connectivity index (χ2n) is 6.27. The third-order valence-electron chi connectivity index (χ3n) is 4.97. The van der Waals surface area contributed by atoms with Crippen LogP contribution in [0.15, 0.2) is 34.2 Å². The number of carbonyl (C=O) groups excluding carboxylic acids is 1. The molecule has 0 spiro atoms. The molecule has 5 nitrogen and oxygen atoms in total. The van der Waals surface area contributed by atoms with Crippen molar-refractivity contribution >= 4 is 5.97 Å². The molecule has 3 rings (SSSR count). The lowest BCUT2D eigenvalue weighted by atomic mass is 9.63. The first kappa shape index (κ1) is 15.3. The molecule has 1 fully saturated rings. The second-order valence-corrected chi connectivity index (χ2v) is 6.27. The minimum absolute atomic E-state index is 0.0429. The number of carbonyl (C=O) groups is 1. The number of fused-ring (bicyclic) bond motifs is 1. The summed E-state index contributed by atoms with van der Waals surface area (Å²) < 4.78 is 16.4. The van der Waals surface area contributed by atoms with E-state index in [4.69, 9.17) is 13.9 Å². The van der Waals surface area contributed by atoms with Crippen molar-refractivity contribution in [3.8, 4) is 0 Å². The molecule has 120 valence electrons. The lowest BCUT2D eigenvalue weighted by molar-refractivity contribution is -0.175. The van der Waals surface area contributed by atoms with Gasteiger partial charge in [-0.1, -0.05) is 6.92 Å². The van der Waals surface area contributed by atoms with Gasteiger partial charge in [-0.25, -0.2) is 4.79 Å². The van der Waals surface area contributed by atoms with Crippen molar-refractivity contribution < 1.29 is 23.8 Å². The van der Waals surface area contributed by atoms with Gasteiger partial charge in [0.2, 0.25) is 0 Å². The fraction of sp³-hybridized carbons (Fsp3) is 0.588. The first-order valence-electron chi connectivity index (χ1n) is 7.72. The highest BCUT2D eigenvalue weighted by Gasteiger charge is 2.53. The van der Waals surface area contributed by atoms with Crippen LogP contribution in [0.5, 0.6) is 0 Å². The van der Waals surface area contributed by atoms with E-state index < -0.39 is 23.6 Å². The van der Waals surface area contributed by atoms with Crippen molar-refractivity contribution in [1.29, 1.82) is 0 Å². The summed E-state index contributed by atoms with van der Waals surface area (Å²) in [5.74, 6) is -0.602. The van der Waals surface area contributed by atoms with Crippen LogP contribution >= 0.6 is 0 Å². The van der Waals surface area contributed by atoms with Crippen molar-refractivity contribution in [3.63, 3.8) is 0 Å². The Balaban J connectivity index is 2.08. The van der Waals surface area contributed by atoms with Crippen LogP contribution in [0.1, 0.15) is 45.3 Å². The van der Waals surface area contributed by atoms with Gasteiger partial charge in [-0.05, 0) is 43.9 Å². The van der Waals surface area contributed by atoms with Gasteiger partial charge in [0.25, 0.3) is 0 Å². The summed E-state index contributed by atoms with van der Waals surface area (Å²) in [4.78, 5) is 12.1. The maximum absolute atomic E-state index is 12.1. The third kappa shape index (κ3) is 2.20. The highest BCUT2D eigenvalue weighted by Crippen LogP contribution is 2.55. The molecule has 5 heteroatoms. The van der Waals surface area contributed by atoms with Gasteiger partial charge in [0, 0.05) is 17.6 Å². The summed E-state index contributed by atoms with van der Waals surface area (Å²) in [6, 6.07) is 1.81. The lowest BCUT2D eigenvalue weighted by Crippen LogP contribution is -2.49. The van der Waals surface area contributed by atoms with Gasteiger partial charge < -0.3 is 19.0 Å². The van der Waals surface area contributed by atoms with Gasteiger partial charge in [-0.3, -0.25) is 0 Å². The maximum atomic E-state index is 12.1. The van der Waals surface area contributed by atoms with E-state index in [0.717, 1.165) is 29.6 Å². The highest BCUT2D eigenvalue weighted by atomic mass is 16.6. The highest BCUT2D eigenvalue weighted by molar-refractivity contribution is 5.81. The molecule has 1 aromatic rings. The van der Waals surface area contributed by atoms with Gasteiger partial charge in [0.1, 0.15) is 6.10 Å². The lowest BCUT2D eigenvalue weighted by Gasteiger charge is -2.49. The van der Waals surface area contributed by atoms with Crippen LogP contribution in [0.25, 0.3) is 0 Å². The molecule has 0 unspecified atom stereocenters. The molecule has 1 aliphatic heterocycles. The molecule has 1 saturated heterocycles. The van der Waals surface area contributed by atoms with E-state index in [1.165, 1.54) is 0 Å². The second kappa shape index (κ2) is 5.56. The Hall–Kier alpha value is -1.59. The van der Waals surface area contributed by atoms with Crippen LogP contribution in [-0.4, -0.2) is 29.9 Å². The monoisotopic (exact) mass is 306 g/mol. The fourth-order valence-corrected chi connectivity index (χ4v) is 3.90. The first-order chi connectivity index (χ1) is 10.5. The molecule has 0 saturated carbocycles. The molecule has 22 heavy (non-hydrogen) atoms. The van der Waals surface area contributed by atoms with E-state index in [9.17, 15) is 9.90 Å². The quantitative estimate of drug-likeness (QED) is 0.687. The van der Waals surface area contributed by atoms with E-state index in [1.807, 2.05) is 26.8 Å². The average molecular weight is 306 g/mol. The zero-order valence-corrected chi connectivity index (χ0v) is 13.2. The Kier molecular flexibility index (Phi) is 3.87. The van der Waals surface area contributed by atoms with Gasteiger partial charge in [-0.2, -0.15) is 0 Å².